The standard InChI is InChI=1S/C21H23BrN2O3/c1-4-9-27-20-15(11-17(22)12-19(20)26-3)10-16(13-23)21(25)24-18-8-6-5-7-14(18)2/h1,10-12,14,18H,5-9H2,2-3H3,(H,24,25)/b16-10+/t14-,18+/m1/s1. The number of methoxy groups -OCH3 is 1. The number of benzene rings is 1. The molecule has 0 radical (unpaired) electrons. The Labute approximate surface area is 168 Å². The molecule has 0 heterocycles. The van der Waals surface area contributed by atoms with Gasteiger partial charge in [0.25, 0.3) is 5.91 Å². The van der Waals surface area contributed by atoms with Crippen molar-refractivity contribution in [1.29, 1.82) is 5.26 Å². The smallest absolute Gasteiger partial charge is 0.262 e. The van der Waals surface area contributed by atoms with Crippen LogP contribution in [0.2, 0.25) is 0 Å². The second kappa shape index (κ2) is 10.0. The normalized spacial score (nSPS) is 19.5. The largest absolute Gasteiger partial charge is 0.493 e. The van der Waals surface area contributed by atoms with Crippen molar-refractivity contribution in [1.82, 2.24) is 5.32 Å². The molecule has 1 saturated carbocycles. The fourth-order valence-corrected chi connectivity index (χ4v) is 3.65. The molecular formula is C21H23BrN2O3. The van der Waals surface area contributed by atoms with Gasteiger partial charge in [-0.2, -0.15) is 5.26 Å². The number of hydrogen-bond donors (Lipinski definition) is 1. The second-order valence-electron chi connectivity index (χ2n) is 6.53. The van der Waals surface area contributed by atoms with Crippen LogP contribution in [0.15, 0.2) is 22.2 Å². The highest BCUT2D eigenvalue weighted by molar-refractivity contribution is 9.10. The van der Waals surface area contributed by atoms with Crippen LogP contribution in [-0.2, 0) is 4.79 Å². The van der Waals surface area contributed by atoms with E-state index in [0.717, 1.165) is 23.7 Å². The van der Waals surface area contributed by atoms with Crippen LogP contribution in [0.1, 0.15) is 38.2 Å². The van der Waals surface area contributed by atoms with E-state index >= 15 is 0 Å². The third kappa shape index (κ3) is 5.52. The Hall–Kier alpha value is -2.44. The SMILES string of the molecule is C#CCOc1c(/C=C(\C#N)C(=O)N[C@H]2CCCC[C@H]2C)cc(Br)cc1OC. The number of hydrogen-bond acceptors (Lipinski definition) is 4. The molecule has 1 amide bonds. The first-order chi connectivity index (χ1) is 13.0. The van der Waals surface area contributed by atoms with Crippen molar-refractivity contribution in [3.63, 3.8) is 0 Å². The zero-order valence-electron chi connectivity index (χ0n) is 15.5. The van der Waals surface area contributed by atoms with Crippen molar-refractivity contribution in [2.75, 3.05) is 13.7 Å². The Morgan fingerprint density at radius 3 is 2.81 bits per heavy atom. The number of carbonyl (C=O) groups excluding carboxylic acids is 1. The summed E-state index contributed by atoms with van der Waals surface area (Å²) in [4.78, 5) is 12.6. The maximum atomic E-state index is 12.6. The molecule has 1 aliphatic carbocycles. The molecule has 0 spiro atoms. The van der Waals surface area contributed by atoms with Gasteiger partial charge in [0.15, 0.2) is 11.5 Å². The molecule has 27 heavy (non-hydrogen) atoms. The summed E-state index contributed by atoms with van der Waals surface area (Å²) < 4.78 is 11.7. The number of nitrogens with zero attached hydrogens (tertiary/aromatic N) is 1. The molecule has 142 valence electrons. The van der Waals surface area contributed by atoms with Crippen LogP contribution < -0.4 is 14.8 Å². The summed E-state index contributed by atoms with van der Waals surface area (Å²) in [5, 5.41) is 12.5. The second-order valence-corrected chi connectivity index (χ2v) is 7.45. The third-order valence-corrected chi connectivity index (χ3v) is 5.12. The lowest BCUT2D eigenvalue weighted by atomic mass is 9.86. The average Bonchev–Trinajstić information content (AvgIpc) is 2.66. The highest BCUT2D eigenvalue weighted by Gasteiger charge is 2.24. The van der Waals surface area contributed by atoms with Gasteiger partial charge in [-0.05, 0) is 37.0 Å². The molecule has 0 saturated heterocycles. The Morgan fingerprint density at radius 1 is 1.44 bits per heavy atom. The number of terminal acetylenes is 1. The van der Waals surface area contributed by atoms with Gasteiger partial charge in [0.05, 0.1) is 7.11 Å². The minimum atomic E-state index is -0.377. The van der Waals surface area contributed by atoms with Crippen molar-refractivity contribution >= 4 is 27.9 Å². The number of carbonyl (C=O) groups is 1. The van der Waals surface area contributed by atoms with Crippen LogP contribution in [-0.4, -0.2) is 25.7 Å². The molecule has 1 aromatic rings. The summed E-state index contributed by atoms with van der Waals surface area (Å²) in [7, 11) is 1.51. The Balaban J connectivity index is 2.33. The number of ether oxygens (including phenoxy) is 2. The Kier molecular flexibility index (Phi) is 7.76. The van der Waals surface area contributed by atoms with E-state index in [2.05, 4.69) is 34.1 Å². The maximum absolute atomic E-state index is 12.6. The molecule has 1 N–H and O–H groups in total. The van der Waals surface area contributed by atoms with Crippen molar-refractivity contribution < 1.29 is 14.3 Å². The number of halogens is 1. The summed E-state index contributed by atoms with van der Waals surface area (Å²) in [5.74, 6) is 3.29. The number of nitrogens with one attached hydrogen (secondary N) is 1. The minimum Gasteiger partial charge on any atom is -0.493 e. The number of rotatable bonds is 6. The van der Waals surface area contributed by atoms with Crippen molar-refractivity contribution in [2.24, 2.45) is 5.92 Å². The van der Waals surface area contributed by atoms with Gasteiger partial charge in [-0.15, -0.1) is 6.42 Å². The Bertz CT molecular complexity index is 805. The highest BCUT2D eigenvalue weighted by atomic mass is 79.9. The van der Waals surface area contributed by atoms with Crippen molar-refractivity contribution in [3.8, 4) is 29.9 Å². The van der Waals surface area contributed by atoms with Crippen LogP contribution in [0.5, 0.6) is 11.5 Å². The predicted molar refractivity (Wildman–Crippen MR) is 108 cm³/mol. The van der Waals surface area contributed by atoms with Crippen molar-refractivity contribution in [2.45, 2.75) is 38.6 Å². The average molecular weight is 431 g/mol. The molecule has 0 bridgehead atoms. The van der Waals surface area contributed by atoms with Crippen LogP contribution in [0, 0.1) is 29.6 Å². The van der Waals surface area contributed by atoms with E-state index in [9.17, 15) is 10.1 Å². The van der Waals surface area contributed by atoms with E-state index in [-0.39, 0.29) is 24.1 Å². The minimum absolute atomic E-state index is 0.0125. The first kappa shape index (κ1) is 20.9. The van der Waals surface area contributed by atoms with E-state index in [4.69, 9.17) is 15.9 Å². The van der Waals surface area contributed by atoms with E-state index in [1.165, 1.54) is 19.6 Å². The van der Waals surface area contributed by atoms with E-state index in [0.29, 0.717) is 23.0 Å². The van der Waals surface area contributed by atoms with Crippen LogP contribution in [0.4, 0.5) is 0 Å². The van der Waals surface area contributed by atoms with Gasteiger partial charge in [0, 0.05) is 16.1 Å². The zero-order chi connectivity index (χ0) is 19.8. The van der Waals surface area contributed by atoms with E-state index in [1.54, 1.807) is 12.1 Å². The van der Waals surface area contributed by atoms with E-state index < -0.39 is 0 Å². The van der Waals surface area contributed by atoms with Gasteiger partial charge < -0.3 is 14.8 Å². The summed E-state index contributed by atoms with van der Waals surface area (Å²) in [6, 6.07) is 5.57. The van der Waals surface area contributed by atoms with Crippen molar-refractivity contribution in [3.05, 3.63) is 27.7 Å². The summed E-state index contributed by atoms with van der Waals surface area (Å²) in [6.07, 6.45) is 11.1. The molecule has 0 unspecified atom stereocenters. The molecule has 6 heteroatoms. The van der Waals surface area contributed by atoms with Gasteiger partial charge in [0.2, 0.25) is 0 Å². The van der Waals surface area contributed by atoms with Gasteiger partial charge >= 0.3 is 0 Å². The summed E-state index contributed by atoms with van der Waals surface area (Å²) in [5.41, 5.74) is 0.554. The molecule has 1 aliphatic rings. The molecule has 2 atom stereocenters. The van der Waals surface area contributed by atoms with Crippen LogP contribution in [0.25, 0.3) is 6.08 Å². The summed E-state index contributed by atoms with van der Waals surface area (Å²) >= 11 is 3.40. The van der Waals surface area contributed by atoms with Gasteiger partial charge in [-0.25, -0.2) is 0 Å². The fraction of sp³-hybridized carbons (Fsp3) is 0.429. The first-order valence-electron chi connectivity index (χ1n) is 8.86. The molecule has 0 aromatic heterocycles. The first-order valence-corrected chi connectivity index (χ1v) is 9.66. The molecular weight excluding hydrogens is 408 g/mol. The molecule has 1 aromatic carbocycles. The quantitative estimate of drug-likeness (QED) is 0.419. The summed E-state index contributed by atoms with van der Waals surface area (Å²) in [6.45, 7) is 2.18. The topological polar surface area (TPSA) is 71.3 Å². The lowest BCUT2D eigenvalue weighted by molar-refractivity contribution is -0.118. The lowest BCUT2D eigenvalue weighted by Gasteiger charge is -2.29. The third-order valence-electron chi connectivity index (χ3n) is 4.66. The lowest BCUT2D eigenvalue weighted by Crippen LogP contribution is -2.41. The molecule has 5 nitrogen and oxygen atoms in total. The molecule has 2 rings (SSSR count). The number of nitriles is 1. The maximum Gasteiger partial charge on any atom is 0.262 e. The molecule has 0 aliphatic heterocycles. The molecule has 1 fully saturated rings. The highest BCUT2D eigenvalue weighted by Crippen LogP contribution is 2.36. The Morgan fingerprint density at radius 2 is 2.19 bits per heavy atom. The van der Waals surface area contributed by atoms with Gasteiger partial charge in [0.1, 0.15) is 18.2 Å². The van der Waals surface area contributed by atoms with Crippen LogP contribution >= 0.6 is 15.9 Å². The monoisotopic (exact) mass is 430 g/mol. The zero-order valence-corrected chi connectivity index (χ0v) is 17.1. The fourth-order valence-electron chi connectivity index (χ4n) is 3.20. The van der Waals surface area contributed by atoms with Gasteiger partial charge in [-0.3, -0.25) is 4.79 Å². The van der Waals surface area contributed by atoms with E-state index in [1.807, 2.05) is 6.07 Å². The van der Waals surface area contributed by atoms with Gasteiger partial charge in [-0.1, -0.05) is 41.6 Å². The predicted octanol–water partition coefficient (Wildman–Crippen LogP) is 4.07. The van der Waals surface area contributed by atoms with Crippen LogP contribution in [0.3, 0.4) is 0 Å². The number of amides is 1.